The van der Waals surface area contributed by atoms with Crippen molar-refractivity contribution in [3.05, 3.63) is 17.0 Å². The molecule has 0 aromatic carbocycles. The van der Waals surface area contributed by atoms with Gasteiger partial charge in [-0.1, -0.05) is 0 Å². The lowest BCUT2D eigenvalue weighted by Gasteiger charge is -2.35. The largest absolute Gasteiger partial charge is 0.477 e. The number of anilines is 1. The predicted molar refractivity (Wildman–Crippen MR) is 68.1 cm³/mol. The molecule has 0 spiro atoms. The van der Waals surface area contributed by atoms with Crippen LogP contribution in [0.4, 0.5) is 5.00 Å². The van der Waals surface area contributed by atoms with E-state index >= 15 is 0 Å². The fraction of sp³-hybridized carbons (Fsp3) is 0.583. The molecule has 4 nitrogen and oxygen atoms in total. The first-order valence-electron chi connectivity index (χ1n) is 6.06. The zero-order valence-corrected chi connectivity index (χ0v) is 10.4. The number of rotatable bonds is 3. The second kappa shape index (κ2) is 4.31. The highest BCUT2D eigenvalue weighted by atomic mass is 32.1. The molecular weight excluding hydrogens is 236 g/mol. The molecule has 1 N–H and O–H groups in total. The topological polar surface area (TPSA) is 43.8 Å². The van der Waals surface area contributed by atoms with Gasteiger partial charge in [0.1, 0.15) is 4.88 Å². The van der Waals surface area contributed by atoms with E-state index < -0.39 is 5.97 Å². The Morgan fingerprint density at radius 1 is 1.24 bits per heavy atom. The average Bonchev–Trinajstić information content (AvgIpc) is 3.06. The second-order valence-corrected chi connectivity index (χ2v) is 5.76. The van der Waals surface area contributed by atoms with Gasteiger partial charge in [-0.05, 0) is 25.0 Å². The summed E-state index contributed by atoms with van der Waals surface area (Å²) in [6.45, 7) is 4.28. The Morgan fingerprint density at radius 3 is 2.47 bits per heavy atom. The van der Waals surface area contributed by atoms with Crippen LogP contribution in [0.2, 0.25) is 0 Å². The van der Waals surface area contributed by atoms with Crippen LogP contribution in [0.25, 0.3) is 0 Å². The molecule has 1 aliphatic carbocycles. The first-order chi connectivity index (χ1) is 8.24. The normalized spacial score (nSPS) is 21.8. The van der Waals surface area contributed by atoms with Crippen LogP contribution in [-0.4, -0.2) is 48.2 Å². The van der Waals surface area contributed by atoms with Crippen LogP contribution >= 0.6 is 11.3 Å². The first kappa shape index (κ1) is 11.0. The van der Waals surface area contributed by atoms with E-state index in [1.807, 2.05) is 6.07 Å². The maximum atomic E-state index is 10.8. The molecule has 17 heavy (non-hydrogen) atoms. The summed E-state index contributed by atoms with van der Waals surface area (Å²) in [7, 11) is 0. The van der Waals surface area contributed by atoms with Crippen LogP contribution in [0.1, 0.15) is 22.5 Å². The minimum Gasteiger partial charge on any atom is -0.477 e. The van der Waals surface area contributed by atoms with E-state index in [-0.39, 0.29) is 0 Å². The van der Waals surface area contributed by atoms with Gasteiger partial charge in [-0.25, -0.2) is 4.79 Å². The smallest absolute Gasteiger partial charge is 0.345 e. The molecule has 1 aromatic heterocycles. The van der Waals surface area contributed by atoms with Crippen LogP contribution in [0.3, 0.4) is 0 Å². The monoisotopic (exact) mass is 252 g/mol. The molecule has 0 bridgehead atoms. The predicted octanol–water partition coefficient (Wildman–Crippen LogP) is 1.73. The first-order valence-corrected chi connectivity index (χ1v) is 6.88. The van der Waals surface area contributed by atoms with E-state index in [0.717, 1.165) is 37.2 Å². The summed E-state index contributed by atoms with van der Waals surface area (Å²) in [5, 5.41) is 10.00. The summed E-state index contributed by atoms with van der Waals surface area (Å²) in [4.78, 5) is 16.1. The molecule has 92 valence electrons. The fourth-order valence-electron chi connectivity index (χ4n) is 2.36. The molecule has 5 heteroatoms. The van der Waals surface area contributed by atoms with Crippen molar-refractivity contribution in [3.8, 4) is 0 Å². The van der Waals surface area contributed by atoms with Crippen molar-refractivity contribution in [3.63, 3.8) is 0 Å². The van der Waals surface area contributed by atoms with Crippen molar-refractivity contribution in [1.82, 2.24) is 4.90 Å². The van der Waals surface area contributed by atoms with E-state index in [4.69, 9.17) is 5.11 Å². The maximum Gasteiger partial charge on any atom is 0.345 e. The Morgan fingerprint density at radius 2 is 1.94 bits per heavy atom. The number of carboxylic acid groups (broad SMARTS) is 1. The Kier molecular flexibility index (Phi) is 2.80. The highest BCUT2D eigenvalue weighted by molar-refractivity contribution is 7.17. The van der Waals surface area contributed by atoms with E-state index in [1.54, 1.807) is 6.07 Å². The number of carbonyl (C=O) groups is 1. The Balaban J connectivity index is 1.62. The summed E-state index contributed by atoms with van der Waals surface area (Å²) < 4.78 is 0. The molecule has 1 aromatic rings. The van der Waals surface area contributed by atoms with E-state index in [2.05, 4.69) is 9.80 Å². The van der Waals surface area contributed by atoms with Crippen molar-refractivity contribution in [2.75, 3.05) is 31.1 Å². The lowest BCUT2D eigenvalue weighted by molar-refractivity contribution is 0.0702. The molecule has 0 unspecified atom stereocenters. The SMILES string of the molecule is O=C(O)c1ccc(N2CCN(C3CC3)CC2)s1. The number of hydrogen-bond acceptors (Lipinski definition) is 4. The van der Waals surface area contributed by atoms with Gasteiger partial charge in [0.15, 0.2) is 0 Å². The minimum absolute atomic E-state index is 0.435. The number of thiophene rings is 1. The zero-order chi connectivity index (χ0) is 11.8. The summed E-state index contributed by atoms with van der Waals surface area (Å²) >= 11 is 1.38. The summed E-state index contributed by atoms with van der Waals surface area (Å²) in [6.07, 6.45) is 2.73. The summed E-state index contributed by atoms with van der Waals surface area (Å²) in [5.74, 6) is -0.821. The third-order valence-corrected chi connectivity index (χ3v) is 4.63. The third-order valence-electron chi connectivity index (χ3n) is 3.49. The number of aromatic carboxylic acids is 1. The number of piperazine rings is 1. The van der Waals surface area contributed by atoms with E-state index in [0.29, 0.717) is 4.88 Å². The van der Waals surface area contributed by atoms with Gasteiger partial charge in [-0.3, -0.25) is 4.90 Å². The lowest BCUT2D eigenvalue weighted by Crippen LogP contribution is -2.46. The highest BCUT2D eigenvalue weighted by Gasteiger charge is 2.31. The Hall–Kier alpha value is -1.07. The number of nitrogens with zero attached hydrogens (tertiary/aromatic N) is 2. The van der Waals surface area contributed by atoms with Gasteiger partial charge in [0, 0.05) is 32.2 Å². The molecular formula is C12H16N2O2S. The van der Waals surface area contributed by atoms with Gasteiger partial charge in [-0.15, -0.1) is 11.3 Å². The van der Waals surface area contributed by atoms with Crippen LogP contribution < -0.4 is 4.90 Å². The Bertz CT molecular complexity index is 420. The molecule has 1 saturated carbocycles. The molecule has 2 aliphatic rings. The quantitative estimate of drug-likeness (QED) is 0.889. The molecule has 3 rings (SSSR count). The molecule has 1 aliphatic heterocycles. The average molecular weight is 252 g/mol. The van der Waals surface area contributed by atoms with Gasteiger partial charge in [0.2, 0.25) is 0 Å². The zero-order valence-electron chi connectivity index (χ0n) is 9.63. The van der Waals surface area contributed by atoms with Gasteiger partial charge in [0.05, 0.1) is 5.00 Å². The van der Waals surface area contributed by atoms with Gasteiger partial charge >= 0.3 is 5.97 Å². The van der Waals surface area contributed by atoms with Crippen molar-refractivity contribution in [2.24, 2.45) is 0 Å². The molecule has 2 heterocycles. The van der Waals surface area contributed by atoms with Gasteiger partial charge in [0.25, 0.3) is 0 Å². The standard InChI is InChI=1S/C12H16N2O2S/c15-12(16)10-3-4-11(17-10)14-7-5-13(6-8-14)9-1-2-9/h3-4,9H,1-2,5-8H2,(H,15,16). The third kappa shape index (κ3) is 2.30. The molecule has 2 fully saturated rings. The van der Waals surface area contributed by atoms with E-state index in [1.165, 1.54) is 24.2 Å². The maximum absolute atomic E-state index is 10.8. The van der Waals surface area contributed by atoms with E-state index in [9.17, 15) is 4.79 Å². The van der Waals surface area contributed by atoms with Crippen molar-refractivity contribution in [2.45, 2.75) is 18.9 Å². The van der Waals surface area contributed by atoms with Crippen molar-refractivity contribution < 1.29 is 9.90 Å². The van der Waals surface area contributed by atoms with Crippen LogP contribution in [0, 0.1) is 0 Å². The molecule has 0 atom stereocenters. The molecule has 0 amide bonds. The summed E-state index contributed by atoms with van der Waals surface area (Å²) in [5.41, 5.74) is 0. The fourth-order valence-corrected chi connectivity index (χ4v) is 3.26. The molecule has 1 saturated heterocycles. The summed E-state index contributed by atoms with van der Waals surface area (Å²) in [6, 6.07) is 4.48. The van der Waals surface area contributed by atoms with Gasteiger partial charge < -0.3 is 10.0 Å². The van der Waals surface area contributed by atoms with Crippen molar-refractivity contribution >= 4 is 22.3 Å². The van der Waals surface area contributed by atoms with Crippen LogP contribution in [-0.2, 0) is 0 Å². The number of hydrogen-bond donors (Lipinski definition) is 1. The second-order valence-electron chi connectivity index (χ2n) is 4.70. The van der Waals surface area contributed by atoms with Gasteiger partial charge in [-0.2, -0.15) is 0 Å². The van der Waals surface area contributed by atoms with Crippen LogP contribution in [0.15, 0.2) is 12.1 Å². The number of carboxylic acids is 1. The molecule has 0 radical (unpaired) electrons. The lowest BCUT2D eigenvalue weighted by atomic mass is 10.3. The Labute approximate surface area is 104 Å². The van der Waals surface area contributed by atoms with Crippen LogP contribution in [0.5, 0.6) is 0 Å². The highest BCUT2D eigenvalue weighted by Crippen LogP contribution is 2.30. The van der Waals surface area contributed by atoms with Crippen molar-refractivity contribution in [1.29, 1.82) is 0 Å². The minimum atomic E-state index is -0.821.